The number of nitro benzene ring substituents is 1. The molecule has 0 fully saturated rings. The Labute approximate surface area is 117 Å². The quantitative estimate of drug-likeness (QED) is 0.689. The lowest BCUT2D eigenvalue weighted by atomic mass is 9.92. The highest BCUT2D eigenvalue weighted by Crippen LogP contribution is 2.29. The minimum absolute atomic E-state index is 0.130. The Bertz CT molecular complexity index is 648. The number of nitrogens with two attached hydrogens (primary N) is 1. The van der Waals surface area contributed by atoms with Gasteiger partial charge in [-0.15, -0.1) is 0 Å². The van der Waals surface area contributed by atoms with Crippen molar-refractivity contribution in [3.8, 4) is 0 Å². The number of hydrogen-bond acceptors (Lipinski definition) is 3. The molecule has 0 saturated heterocycles. The van der Waals surface area contributed by atoms with Gasteiger partial charge in [-0.1, -0.05) is 12.1 Å². The summed E-state index contributed by atoms with van der Waals surface area (Å²) in [5.41, 5.74) is 9.72. The van der Waals surface area contributed by atoms with Crippen molar-refractivity contribution in [1.29, 1.82) is 0 Å². The molecule has 1 aliphatic rings. The topological polar surface area (TPSA) is 74.1 Å². The van der Waals surface area contributed by atoms with Crippen LogP contribution in [-0.2, 0) is 13.0 Å². The molecule has 1 atom stereocenters. The molecule has 0 saturated carbocycles. The number of hydrogen-bond donors (Lipinski definition) is 1. The van der Waals surface area contributed by atoms with E-state index in [1.54, 1.807) is 12.1 Å². The lowest BCUT2D eigenvalue weighted by Crippen LogP contribution is -2.15. The number of rotatable bonds is 3. The molecule has 5 heteroatoms. The Morgan fingerprint density at radius 1 is 1.40 bits per heavy atom. The predicted octanol–water partition coefficient (Wildman–Crippen LogP) is 2.78. The van der Waals surface area contributed by atoms with Gasteiger partial charge in [0.25, 0.3) is 5.69 Å². The molecule has 0 amide bonds. The number of aryl methyl sites for hydroxylation is 1. The van der Waals surface area contributed by atoms with Crippen LogP contribution < -0.4 is 5.73 Å². The third-order valence-electron chi connectivity index (χ3n) is 3.84. The van der Waals surface area contributed by atoms with Gasteiger partial charge in [-0.2, -0.15) is 0 Å². The summed E-state index contributed by atoms with van der Waals surface area (Å²) in [4.78, 5) is 10.4. The monoisotopic (exact) mass is 271 g/mol. The average molecular weight is 271 g/mol. The Hall–Kier alpha value is -2.14. The zero-order valence-electron chi connectivity index (χ0n) is 11.2. The summed E-state index contributed by atoms with van der Waals surface area (Å²) in [7, 11) is 0. The first-order valence-electron chi connectivity index (χ1n) is 6.81. The molecule has 2 aromatic rings. The van der Waals surface area contributed by atoms with Crippen LogP contribution in [0.1, 0.15) is 35.6 Å². The first-order valence-corrected chi connectivity index (χ1v) is 6.81. The van der Waals surface area contributed by atoms with Gasteiger partial charge in [-0.05, 0) is 36.0 Å². The maximum atomic E-state index is 10.8. The van der Waals surface area contributed by atoms with Crippen LogP contribution >= 0.6 is 0 Å². The maximum absolute atomic E-state index is 10.8. The zero-order valence-corrected chi connectivity index (χ0v) is 11.2. The molecule has 1 aliphatic carbocycles. The molecule has 104 valence electrons. The predicted molar refractivity (Wildman–Crippen MR) is 76.5 cm³/mol. The molecule has 1 aromatic carbocycles. The lowest BCUT2D eigenvalue weighted by molar-refractivity contribution is -0.384. The maximum Gasteiger partial charge on any atom is 0.269 e. The van der Waals surface area contributed by atoms with Crippen LogP contribution in [0.2, 0.25) is 0 Å². The van der Waals surface area contributed by atoms with Gasteiger partial charge in [0, 0.05) is 37.1 Å². The van der Waals surface area contributed by atoms with E-state index in [-0.39, 0.29) is 16.7 Å². The van der Waals surface area contributed by atoms with Crippen molar-refractivity contribution in [3.63, 3.8) is 0 Å². The van der Waals surface area contributed by atoms with Crippen LogP contribution in [0.5, 0.6) is 0 Å². The molecule has 20 heavy (non-hydrogen) atoms. The Kier molecular flexibility index (Phi) is 3.28. The van der Waals surface area contributed by atoms with E-state index in [0.29, 0.717) is 6.54 Å². The van der Waals surface area contributed by atoms with Gasteiger partial charge >= 0.3 is 0 Å². The summed E-state index contributed by atoms with van der Waals surface area (Å²) in [6.07, 6.45) is 7.44. The Morgan fingerprint density at radius 2 is 2.25 bits per heavy atom. The van der Waals surface area contributed by atoms with Crippen LogP contribution in [0.3, 0.4) is 0 Å². The molecule has 0 bridgehead atoms. The van der Waals surface area contributed by atoms with Gasteiger partial charge in [0.05, 0.1) is 4.92 Å². The van der Waals surface area contributed by atoms with Crippen LogP contribution in [0.4, 0.5) is 5.69 Å². The van der Waals surface area contributed by atoms with Gasteiger partial charge < -0.3 is 10.3 Å². The third kappa shape index (κ3) is 2.44. The molecule has 3 rings (SSSR count). The molecule has 1 unspecified atom stereocenters. The van der Waals surface area contributed by atoms with E-state index >= 15 is 0 Å². The van der Waals surface area contributed by atoms with E-state index in [0.717, 1.165) is 24.8 Å². The van der Waals surface area contributed by atoms with E-state index in [1.165, 1.54) is 17.2 Å². The van der Waals surface area contributed by atoms with E-state index in [2.05, 4.69) is 17.0 Å². The largest absolute Gasteiger partial charge is 0.349 e. The standard InChI is InChI=1S/C15H17N3O2/c16-15-6-2-4-12-9-17(10-14(12)15)8-11-3-1-5-13(7-11)18(19)20/h1,3,5,7,9-10,15H,2,4,6,8,16H2. The highest BCUT2D eigenvalue weighted by Gasteiger charge is 2.18. The Balaban J connectivity index is 1.85. The second-order valence-corrected chi connectivity index (χ2v) is 5.34. The Morgan fingerprint density at radius 3 is 3.00 bits per heavy atom. The highest BCUT2D eigenvalue weighted by molar-refractivity contribution is 5.35. The second-order valence-electron chi connectivity index (χ2n) is 5.34. The molecular formula is C15H17N3O2. The lowest BCUT2D eigenvalue weighted by Gasteiger charge is -2.17. The van der Waals surface area contributed by atoms with E-state index in [1.807, 2.05) is 6.07 Å². The molecule has 0 spiro atoms. The first kappa shape index (κ1) is 12.9. The average Bonchev–Trinajstić information content (AvgIpc) is 2.83. The number of benzene rings is 1. The number of non-ortho nitro benzene ring substituents is 1. The summed E-state index contributed by atoms with van der Waals surface area (Å²) in [5.74, 6) is 0. The van der Waals surface area contributed by atoms with Crippen LogP contribution in [0.25, 0.3) is 0 Å². The number of nitrogens with zero attached hydrogens (tertiary/aromatic N) is 2. The molecule has 1 aromatic heterocycles. The smallest absolute Gasteiger partial charge is 0.269 e. The number of fused-ring (bicyclic) bond motifs is 1. The van der Waals surface area contributed by atoms with E-state index in [9.17, 15) is 10.1 Å². The molecular weight excluding hydrogens is 254 g/mol. The van der Waals surface area contributed by atoms with E-state index < -0.39 is 0 Å². The van der Waals surface area contributed by atoms with Crippen LogP contribution in [0.15, 0.2) is 36.7 Å². The normalized spacial score (nSPS) is 17.8. The van der Waals surface area contributed by atoms with Crippen LogP contribution in [0, 0.1) is 10.1 Å². The van der Waals surface area contributed by atoms with Gasteiger partial charge in [-0.25, -0.2) is 0 Å². The molecule has 2 N–H and O–H groups in total. The highest BCUT2D eigenvalue weighted by atomic mass is 16.6. The van der Waals surface area contributed by atoms with E-state index in [4.69, 9.17) is 5.73 Å². The van der Waals surface area contributed by atoms with Crippen molar-refractivity contribution in [3.05, 3.63) is 63.5 Å². The molecule has 5 nitrogen and oxygen atoms in total. The van der Waals surface area contributed by atoms with Crippen LogP contribution in [-0.4, -0.2) is 9.49 Å². The zero-order chi connectivity index (χ0) is 14.1. The summed E-state index contributed by atoms with van der Waals surface area (Å²) in [6, 6.07) is 6.90. The molecule has 0 radical (unpaired) electrons. The van der Waals surface area contributed by atoms with Gasteiger partial charge in [0.15, 0.2) is 0 Å². The molecule has 1 heterocycles. The number of aromatic nitrogens is 1. The fourth-order valence-corrected chi connectivity index (χ4v) is 2.85. The summed E-state index contributed by atoms with van der Waals surface area (Å²) in [6.45, 7) is 0.640. The van der Waals surface area contributed by atoms with Crippen molar-refractivity contribution in [2.45, 2.75) is 31.8 Å². The van der Waals surface area contributed by atoms with Gasteiger partial charge in [0.1, 0.15) is 0 Å². The SMILES string of the molecule is NC1CCCc2cn(Cc3cccc([N+](=O)[O-])c3)cc21. The van der Waals surface area contributed by atoms with Crippen molar-refractivity contribution < 1.29 is 4.92 Å². The summed E-state index contributed by atoms with van der Waals surface area (Å²) in [5, 5.41) is 10.8. The third-order valence-corrected chi connectivity index (χ3v) is 3.84. The molecule has 0 aliphatic heterocycles. The first-order chi connectivity index (χ1) is 9.63. The van der Waals surface area contributed by atoms with Crippen molar-refractivity contribution in [1.82, 2.24) is 4.57 Å². The van der Waals surface area contributed by atoms with Gasteiger partial charge in [0.2, 0.25) is 0 Å². The minimum Gasteiger partial charge on any atom is -0.349 e. The summed E-state index contributed by atoms with van der Waals surface area (Å²) < 4.78 is 2.08. The van der Waals surface area contributed by atoms with Gasteiger partial charge in [-0.3, -0.25) is 10.1 Å². The second kappa shape index (κ2) is 5.09. The van der Waals surface area contributed by atoms with Crippen molar-refractivity contribution in [2.24, 2.45) is 5.73 Å². The fraction of sp³-hybridized carbons (Fsp3) is 0.333. The fourth-order valence-electron chi connectivity index (χ4n) is 2.85. The number of nitro groups is 1. The summed E-state index contributed by atoms with van der Waals surface area (Å²) >= 11 is 0. The minimum atomic E-state index is -0.361. The van der Waals surface area contributed by atoms with Crippen molar-refractivity contribution in [2.75, 3.05) is 0 Å². The van der Waals surface area contributed by atoms with Crippen molar-refractivity contribution >= 4 is 5.69 Å².